The first-order chi connectivity index (χ1) is 6.82. The second kappa shape index (κ2) is 3.76. The molecule has 2 aliphatic carbocycles. The van der Waals surface area contributed by atoms with Gasteiger partial charge < -0.3 is 0 Å². The van der Waals surface area contributed by atoms with E-state index in [0.29, 0.717) is 5.41 Å². The highest BCUT2D eigenvalue weighted by molar-refractivity contribution is 5.31. The number of rotatable bonds is 4. The first-order valence-electron chi connectivity index (χ1n) is 5.80. The van der Waals surface area contributed by atoms with Crippen LogP contribution in [-0.4, -0.2) is 0 Å². The fraction of sp³-hybridized carbons (Fsp3) is 0.571. The van der Waals surface area contributed by atoms with E-state index in [9.17, 15) is 0 Å². The molecule has 1 fully saturated rings. The lowest BCUT2D eigenvalue weighted by Gasteiger charge is -2.36. The van der Waals surface area contributed by atoms with Crippen molar-refractivity contribution in [1.29, 1.82) is 0 Å². The van der Waals surface area contributed by atoms with E-state index in [4.69, 9.17) is 0 Å². The van der Waals surface area contributed by atoms with Crippen molar-refractivity contribution in [3.63, 3.8) is 0 Å². The Bertz CT molecular complexity index is 274. The third-order valence-electron chi connectivity index (χ3n) is 3.76. The van der Waals surface area contributed by atoms with Crippen LogP contribution in [0, 0.1) is 11.3 Å². The average Bonchev–Trinajstić information content (AvgIpc) is 3.02. The summed E-state index contributed by atoms with van der Waals surface area (Å²) in [6.45, 7) is 6.23. The van der Waals surface area contributed by atoms with Crippen LogP contribution < -0.4 is 0 Å². The van der Waals surface area contributed by atoms with Crippen molar-refractivity contribution in [2.75, 3.05) is 0 Å². The highest BCUT2D eigenvalue weighted by atomic mass is 14.4. The summed E-state index contributed by atoms with van der Waals surface area (Å²) in [5, 5.41) is 0. The lowest BCUT2D eigenvalue weighted by molar-refractivity contribution is 0.329. The van der Waals surface area contributed by atoms with Crippen molar-refractivity contribution >= 4 is 0 Å². The minimum Gasteiger partial charge on any atom is -0.103 e. The largest absolute Gasteiger partial charge is 0.103 e. The molecule has 0 nitrogen and oxygen atoms in total. The molecule has 0 heteroatoms. The normalized spacial score (nSPS) is 31.4. The van der Waals surface area contributed by atoms with Crippen molar-refractivity contribution in [3.8, 4) is 0 Å². The number of allylic oxidation sites excluding steroid dienone is 5. The summed E-state index contributed by atoms with van der Waals surface area (Å²) in [6.07, 6.45) is 15.5. The maximum Gasteiger partial charge on any atom is -0.00159 e. The van der Waals surface area contributed by atoms with E-state index in [-0.39, 0.29) is 0 Å². The zero-order chi connectivity index (χ0) is 10.0. The predicted molar refractivity (Wildman–Crippen MR) is 62.1 cm³/mol. The minimum atomic E-state index is 0.428. The van der Waals surface area contributed by atoms with Gasteiger partial charge in [0, 0.05) is 0 Å². The summed E-state index contributed by atoms with van der Waals surface area (Å²) >= 11 is 0. The van der Waals surface area contributed by atoms with Gasteiger partial charge in [0.2, 0.25) is 0 Å². The van der Waals surface area contributed by atoms with E-state index < -0.39 is 0 Å². The summed E-state index contributed by atoms with van der Waals surface area (Å²) < 4.78 is 0. The van der Waals surface area contributed by atoms with Crippen LogP contribution in [0.2, 0.25) is 0 Å². The molecule has 0 N–H and O–H groups in total. The van der Waals surface area contributed by atoms with Gasteiger partial charge in [0.1, 0.15) is 0 Å². The molecular weight excluding hydrogens is 168 g/mol. The first kappa shape index (κ1) is 9.76. The fourth-order valence-corrected chi connectivity index (χ4v) is 2.69. The second-order valence-corrected chi connectivity index (χ2v) is 4.66. The van der Waals surface area contributed by atoms with E-state index >= 15 is 0 Å². The smallest absolute Gasteiger partial charge is 0.00159 e. The van der Waals surface area contributed by atoms with Crippen molar-refractivity contribution in [3.05, 3.63) is 36.5 Å². The summed E-state index contributed by atoms with van der Waals surface area (Å²) in [5.41, 5.74) is 2.14. The SMILES string of the molecule is C=CCC1(CC)CC=CC=C1C1CC1. The van der Waals surface area contributed by atoms with Gasteiger partial charge in [0.25, 0.3) is 0 Å². The summed E-state index contributed by atoms with van der Waals surface area (Å²) in [6, 6.07) is 0. The van der Waals surface area contributed by atoms with Crippen LogP contribution in [0.4, 0.5) is 0 Å². The van der Waals surface area contributed by atoms with Crippen molar-refractivity contribution in [1.82, 2.24) is 0 Å². The standard InChI is InChI=1S/C14H20/c1-3-10-14(4-2)11-6-5-7-13(14)12-8-9-12/h3,5-7,12H,1,4,8-11H2,2H3. The monoisotopic (exact) mass is 188 g/mol. The molecule has 76 valence electrons. The zero-order valence-electron chi connectivity index (χ0n) is 9.13. The molecule has 14 heavy (non-hydrogen) atoms. The van der Waals surface area contributed by atoms with Crippen LogP contribution in [0.3, 0.4) is 0 Å². The Morgan fingerprint density at radius 1 is 1.57 bits per heavy atom. The molecule has 0 saturated heterocycles. The molecule has 1 unspecified atom stereocenters. The van der Waals surface area contributed by atoms with Gasteiger partial charge in [-0.1, -0.05) is 36.8 Å². The Balaban J connectivity index is 2.25. The molecule has 0 aromatic rings. The Morgan fingerprint density at radius 3 is 2.93 bits per heavy atom. The molecule has 0 aromatic heterocycles. The Hall–Kier alpha value is -0.780. The Kier molecular flexibility index (Phi) is 2.62. The number of hydrogen-bond donors (Lipinski definition) is 0. The topological polar surface area (TPSA) is 0 Å². The predicted octanol–water partition coefficient (Wildman–Crippen LogP) is 4.26. The van der Waals surface area contributed by atoms with E-state index in [2.05, 4.69) is 37.8 Å². The van der Waals surface area contributed by atoms with Crippen molar-refractivity contribution < 1.29 is 0 Å². The maximum atomic E-state index is 3.91. The Labute approximate surface area is 87.4 Å². The molecular formula is C14H20. The molecule has 0 spiro atoms. The third kappa shape index (κ3) is 1.58. The number of hydrogen-bond acceptors (Lipinski definition) is 0. The maximum absolute atomic E-state index is 3.91. The lowest BCUT2D eigenvalue weighted by Crippen LogP contribution is -2.24. The minimum absolute atomic E-state index is 0.428. The zero-order valence-corrected chi connectivity index (χ0v) is 9.13. The van der Waals surface area contributed by atoms with Gasteiger partial charge in [-0.15, -0.1) is 6.58 Å². The van der Waals surface area contributed by atoms with Crippen molar-refractivity contribution in [2.45, 2.75) is 39.0 Å². The third-order valence-corrected chi connectivity index (χ3v) is 3.76. The first-order valence-corrected chi connectivity index (χ1v) is 5.80. The van der Waals surface area contributed by atoms with E-state index in [1.807, 2.05) is 0 Å². The van der Waals surface area contributed by atoms with Crippen molar-refractivity contribution in [2.24, 2.45) is 11.3 Å². The molecule has 0 amide bonds. The molecule has 0 heterocycles. The van der Waals surface area contributed by atoms with Crippen LogP contribution in [-0.2, 0) is 0 Å². The van der Waals surface area contributed by atoms with Crippen LogP contribution in [0.5, 0.6) is 0 Å². The fourth-order valence-electron chi connectivity index (χ4n) is 2.69. The summed E-state index contributed by atoms with van der Waals surface area (Å²) in [7, 11) is 0. The molecule has 2 aliphatic rings. The van der Waals surface area contributed by atoms with Gasteiger partial charge in [0.15, 0.2) is 0 Å². The quantitative estimate of drug-likeness (QED) is 0.578. The van der Waals surface area contributed by atoms with E-state index in [1.54, 1.807) is 5.57 Å². The van der Waals surface area contributed by atoms with Gasteiger partial charge in [-0.05, 0) is 43.4 Å². The van der Waals surface area contributed by atoms with Crippen LogP contribution in [0.15, 0.2) is 36.5 Å². The second-order valence-electron chi connectivity index (χ2n) is 4.66. The van der Waals surface area contributed by atoms with Gasteiger partial charge in [-0.3, -0.25) is 0 Å². The molecule has 0 radical (unpaired) electrons. The van der Waals surface area contributed by atoms with Gasteiger partial charge in [-0.25, -0.2) is 0 Å². The molecule has 0 bridgehead atoms. The average molecular weight is 188 g/mol. The van der Waals surface area contributed by atoms with Gasteiger partial charge in [-0.2, -0.15) is 0 Å². The molecule has 2 rings (SSSR count). The van der Waals surface area contributed by atoms with E-state index in [0.717, 1.165) is 12.3 Å². The van der Waals surface area contributed by atoms with Gasteiger partial charge in [0.05, 0.1) is 0 Å². The molecule has 0 aromatic carbocycles. The van der Waals surface area contributed by atoms with E-state index in [1.165, 1.54) is 25.7 Å². The van der Waals surface area contributed by atoms with Gasteiger partial charge >= 0.3 is 0 Å². The lowest BCUT2D eigenvalue weighted by atomic mass is 9.69. The highest BCUT2D eigenvalue weighted by Gasteiger charge is 2.39. The molecule has 1 saturated carbocycles. The molecule has 0 aliphatic heterocycles. The van der Waals surface area contributed by atoms with Crippen LogP contribution in [0.25, 0.3) is 0 Å². The van der Waals surface area contributed by atoms with Crippen LogP contribution >= 0.6 is 0 Å². The Morgan fingerprint density at radius 2 is 2.36 bits per heavy atom. The van der Waals surface area contributed by atoms with Crippen LogP contribution in [0.1, 0.15) is 39.0 Å². The summed E-state index contributed by atoms with van der Waals surface area (Å²) in [4.78, 5) is 0. The summed E-state index contributed by atoms with van der Waals surface area (Å²) in [5.74, 6) is 0.903. The molecule has 1 atom stereocenters. The highest BCUT2D eigenvalue weighted by Crippen LogP contribution is 2.52.